The molecular weight excluding hydrogens is 673 g/mol. The highest BCUT2D eigenvalue weighted by molar-refractivity contribution is 6.21. The maximum Gasteiger partial charge on any atom is -0.00259 e. The molecule has 56 heavy (non-hydrogen) atoms. The molecule has 0 saturated carbocycles. The smallest absolute Gasteiger partial charge is 0.00259 e. The van der Waals surface area contributed by atoms with E-state index in [1.807, 2.05) is 0 Å². The van der Waals surface area contributed by atoms with E-state index in [9.17, 15) is 0 Å². The van der Waals surface area contributed by atoms with Crippen molar-refractivity contribution in [2.24, 2.45) is 0 Å². The predicted molar refractivity (Wildman–Crippen MR) is 242 cm³/mol. The minimum atomic E-state index is 1.17. The van der Waals surface area contributed by atoms with Gasteiger partial charge in [0.2, 0.25) is 0 Å². The van der Waals surface area contributed by atoms with Crippen LogP contribution >= 0.6 is 0 Å². The lowest BCUT2D eigenvalue weighted by molar-refractivity contribution is 1.58. The van der Waals surface area contributed by atoms with Gasteiger partial charge in [-0.15, -0.1) is 0 Å². The van der Waals surface area contributed by atoms with Gasteiger partial charge >= 0.3 is 0 Å². The van der Waals surface area contributed by atoms with Crippen LogP contribution in [0.25, 0.3) is 100 Å². The summed E-state index contributed by atoms with van der Waals surface area (Å²) in [6.07, 6.45) is 4.41. The quantitative estimate of drug-likeness (QED) is 0.114. The number of hydrogen-bond donors (Lipinski definition) is 0. The third kappa shape index (κ3) is 6.28. The fourth-order valence-electron chi connectivity index (χ4n) is 8.32. The maximum absolute atomic E-state index is 2.37. The summed E-state index contributed by atoms with van der Waals surface area (Å²) in [7, 11) is 0. The summed E-state index contributed by atoms with van der Waals surface area (Å²) >= 11 is 0. The summed E-state index contributed by atoms with van der Waals surface area (Å²) in [6.45, 7) is 0. The molecule has 0 aliphatic rings. The van der Waals surface area contributed by atoms with E-state index in [1.54, 1.807) is 0 Å². The Bertz CT molecular complexity index is 2900. The van der Waals surface area contributed by atoms with E-state index in [2.05, 4.69) is 231 Å². The molecule has 262 valence electrons. The van der Waals surface area contributed by atoms with Crippen molar-refractivity contribution in [3.05, 3.63) is 230 Å². The third-order valence-corrected chi connectivity index (χ3v) is 11.0. The van der Waals surface area contributed by atoms with Gasteiger partial charge in [-0.05, 0) is 117 Å². The third-order valence-electron chi connectivity index (χ3n) is 11.0. The van der Waals surface area contributed by atoms with Crippen LogP contribution in [0.2, 0.25) is 0 Å². The number of benzene rings is 10. The van der Waals surface area contributed by atoms with Gasteiger partial charge in [-0.3, -0.25) is 0 Å². The highest BCUT2D eigenvalue weighted by Gasteiger charge is 2.18. The Hall–Kier alpha value is -7.28. The van der Waals surface area contributed by atoms with E-state index in [0.717, 1.165) is 0 Å². The van der Waals surface area contributed by atoms with Crippen LogP contribution in [-0.2, 0) is 0 Å². The Kier molecular flexibility index (Phi) is 8.63. The molecule has 0 saturated heterocycles. The van der Waals surface area contributed by atoms with Crippen LogP contribution in [0.3, 0.4) is 0 Å². The fourth-order valence-corrected chi connectivity index (χ4v) is 8.32. The van der Waals surface area contributed by atoms with Gasteiger partial charge in [-0.25, -0.2) is 0 Å². The Balaban J connectivity index is 1.03. The molecule has 0 N–H and O–H groups in total. The second-order valence-corrected chi connectivity index (χ2v) is 14.5. The Labute approximate surface area is 328 Å². The summed E-state index contributed by atoms with van der Waals surface area (Å²) in [4.78, 5) is 0. The van der Waals surface area contributed by atoms with Crippen LogP contribution in [0.1, 0.15) is 11.1 Å². The predicted octanol–water partition coefficient (Wildman–Crippen LogP) is 15.7. The summed E-state index contributed by atoms with van der Waals surface area (Å²) < 4.78 is 0. The highest BCUT2D eigenvalue weighted by Crippen LogP contribution is 2.45. The molecule has 0 nitrogen and oxygen atoms in total. The minimum absolute atomic E-state index is 1.17. The van der Waals surface area contributed by atoms with Crippen molar-refractivity contribution in [1.29, 1.82) is 0 Å². The molecule has 0 amide bonds. The first-order valence-corrected chi connectivity index (χ1v) is 19.3. The van der Waals surface area contributed by atoms with Gasteiger partial charge in [0.05, 0.1) is 0 Å². The van der Waals surface area contributed by atoms with Crippen LogP contribution in [0.15, 0.2) is 218 Å². The average Bonchev–Trinajstić information content (AvgIpc) is 3.28. The molecular formula is C56H38. The van der Waals surface area contributed by atoms with Crippen molar-refractivity contribution in [3.63, 3.8) is 0 Å². The van der Waals surface area contributed by atoms with Gasteiger partial charge in [0.1, 0.15) is 0 Å². The lowest BCUT2D eigenvalue weighted by atomic mass is 9.84. The van der Waals surface area contributed by atoms with Crippen molar-refractivity contribution in [1.82, 2.24) is 0 Å². The monoisotopic (exact) mass is 710 g/mol. The zero-order valence-corrected chi connectivity index (χ0v) is 30.9. The summed E-state index contributed by atoms with van der Waals surface area (Å²) in [5, 5.41) is 7.55. The van der Waals surface area contributed by atoms with Gasteiger partial charge in [-0.1, -0.05) is 212 Å². The zero-order chi connectivity index (χ0) is 37.3. The van der Waals surface area contributed by atoms with E-state index < -0.39 is 0 Å². The van der Waals surface area contributed by atoms with Crippen LogP contribution < -0.4 is 0 Å². The zero-order valence-electron chi connectivity index (χ0n) is 30.9. The molecule has 0 heterocycles. The SMILES string of the molecule is C(=Cc1ccc(-c2c3ccccc3c(-c3cc(-c4ccccc4)cc(-c4ccccc4)c3)c3ccccc23)cc1)c1ccc(-c2cccc3ccccc23)cc1. The molecule has 0 heteroatoms. The number of rotatable bonds is 7. The Morgan fingerprint density at radius 1 is 0.232 bits per heavy atom. The normalized spacial score (nSPS) is 11.5. The first kappa shape index (κ1) is 33.3. The molecule has 0 radical (unpaired) electrons. The maximum atomic E-state index is 2.37. The summed E-state index contributed by atoms with van der Waals surface area (Å²) in [6, 6.07) is 79.4. The van der Waals surface area contributed by atoms with Gasteiger partial charge in [0, 0.05) is 0 Å². The topological polar surface area (TPSA) is 0 Å². The standard InChI is InChI=1S/C56H38/c1-3-14-41(15-4-1)46-36-47(42-16-5-2-6-17-42)38-48(37-46)56-53-23-11-9-21-51(53)55(52-22-10-12-24-54(52)56)45-34-30-40(31-35-45)27-26-39-28-32-44(33-29-39)50-25-13-19-43-18-7-8-20-49(43)50/h1-38H. The molecule has 0 atom stereocenters. The summed E-state index contributed by atoms with van der Waals surface area (Å²) in [5.41, 5.74) is 14.6. The van der Waals surface area contributed by atoms with Gasteiger partial charge in [0.15, 0.2) is 0 Å². The van der Waals surface area contributed by atoms with E-state index in [4.69, 9.17) is 0 Å². The summed E-state index contributed by atoms with van der Waals surface area (Å²) in [5.74, 6) is 0. The lowest BCUT2D eigenvalue weighted by Crippen LogP contribution is -1.92. The fraction of sp³-hybridized carbons (Fsp3) is 0. The molecule has 0 spiro atoms. The molecule has 0 aliphatic carbocycles. The second kappa shape index (κ2) is 14.5. The highest BCUT2D eigenvalue weighted by atomic mass is 14.2. The first-order chi connectivity index (χ1) is 27.8. The molecule has 10 rings (SSSR count). The average molecular weight is 711 g/mol. The van der Waals surface area contributed by atoms with Crippen molar-refractivity contribution >= 4 is 44.5 Å². The van der Waals surface area contributed by atoms with Gasteiger partial charge in [-0.2, -0.15) is 0 Å². The molecule has 0 aromatic heterocycles. The Morgan fingerprint density at radius 3 is 1.14 bits per heavy atom. The van der Waals surface area contributed by atoms with Crippen LogP contribution in [-0.4, -0.2) is 0 Å². The largest absolute Gasteiger partial charge is 0.0622 e. The van der Waals surface area contributed by atoms with E-state index in [-0.39, 0.29) is 0 Å². The molecule has 0 unspecified atom stereocenters. The lowest BCUT2D eigenvalue weighted by Gasteiger charge is -2.19. The van der Waals surface area contributed by atoms with E-state index in [0.29, 0.717) is 0 Å². The van der Waals surface area contributed by atoms with E-state index >= 15 is 0 Å². The van der Waals surface area contributed by atoms with E-state index in [1.165, 1.54) is 99.1 Å². The molecule has 0 aliphatic heterocycles. The molecule has 0 bridgehead atoms. The van der Waals surface area contributed by atoms with Crippen molar-refractivity contribution in [2.45, 2.75) is 0 Å². The molecule has 10 aromatic carbocycles. The van der Waals surface area contributed by atoms with Gasteiger partial charge < -0.3 is 0 Å². The van der Waals surface area contributed by atoms with Crippen LogP contribution in [0.5, 0.6) is 0 Å². The van der Waals surface area contributed by atoms with Crippen molar-refractivity contribution < 1.29 is 0 Å². The Morgan fingerprint density at radius 2 is 0.625 bits per heavy atom. The first-order valence-electron chi connectivity index (χ1n) is 19.3. The second-order valence-electron chi connectivity index (χ2n) is 14.5. The minimum Gasteiger partial charge on any atom is -0.0622 e. The van der Waals surface area contributed by atoms with Crippen molar-refractivity contribution in [2.75, 3.05) is 0 Å². The van der Waals surface area contributed by atoms with Crippen molar-refractivity contribution in [3.8, 4) is 55.6 Å². The molecule has 10 aromatic rings. The molecule has 0 fully saturated rings. The van der Waals surface area contributed by atoms with Gasteiger partial charge in [0.25, 0.3) is 0 Å². The van der Waals surface area contributed by atoms with Crippen LogP contribution in [0, 0.1) is 0 Å². The van der Waals surface area contributed by atoms with Crippen LogP contribution in [0.4, 0.5) is 0 Å². The number of hydrogen-bond acceptors (Lipinski definition) is 0. The number of fused-ring (bicyclic) bond motifs is 3.